The summed E-state index contributed by atoms with van der Waals surface area (Å²) in [4.78, 5) is 54.6. The van der Waals surface area contributed by atoms with Crippen molar-refractivity contribution in [2.24, 2.45) is 0 Å². The molecule has 0 radical (unpaired) electrons. The van der Waals surface area contributed by atoms with Gasteiger partial charge in [-0.1, -0.05) is 5.16 Å². The van der Waals surface area contributed by atoms with Crippen LogP contribution in [0.1, 0.15) is 41.5 Å². The van der Waals surface area contributed by atoms with Crippen LogP contribution in [0, 0.1) is 11.6 Å². The van der Waals surface area contributed by atoms with Crippen LogP contribution in [0.4, 0.5) is 51.0 Å². The van der Waals surface area contributed by atoms with Gasteiger partial charge in [-0.25, -0.2) is 23.2 Å². The molecule has 2 aliphatic rings. The Labute approximate surface area is 308 Å². The Kier molecular flexibility index (Phi) is 10.2. The summed E-state index contributed by atoms with van der Waals surface area (Å²) in [6.07, 6.45) is -1.89. The van der Waals surface area contributed by atoms with Gasteiger partial charge in [0, 0.05) is 21.9 Å². The van der Waals surface area contributed by atoms with Crippen LogP contribution in [0.5, 0.6) is 0 Å². The number of rotatable bonds is 9. The molecule has 54 heavy (non-hydrogen) atoms. The van der Waals surface area contributed by atoms with Gasteiger partial charge in [-0.05, 0) is 77.9 Å². The summed E-state index contributed by atoms with van der Waals surface area (Å²) in [5, 5.41) is 6.79. The quantitative estimate of drug-likeness (QED) is 0.146. The smallest absolute Gasteiger partial charge is 0.443 e. The molecule has 286 valence electrons. The van der Waals surface area contributed by atoms with Gasteiger partial charge in [-0.15, -0.1) is 0 Å². The Balaban J connectivity index is 1.09. The minimum atomic E-state index is -0.832. The lowest BCUT2D eigenvalue weighted by molar-refractivity contribution is -0.760. The van der Waals surface area contributed by atoms with Crippen LogP contribution in [0.25, 0.3) is 11.1 Å². The van der Waals surface area contributed by atoms with Crippen molar-refractivity contribution in [1.82, 2.24) is 5.16 Å². The van der Waals surface area contributed by atoms with Crippen molar-refractivity contribution in [3.63, 3.8) is 0 Å². The molecule has 6 rings (SSSR count). The monoisotopic (exact) mass is 753 g/mol. The highest BCUT2D eigenvalue weighted by molar-refractivity contribution is 5.92. The van der Waals surface area contributed by atoms with Crippen LogP contribution in [-0.2, 0) is 18.9 Å². The van der Waals surface area contributed by atoms with E-state index in [9.17, 15) is 19.2 Å². The summed E-state index contributed by atoms with van der Waals surface area (Å²) in [7, 11) is 0. The normalized spacial score (nSPS) is 17.3. The van der Waals surface area contributed by atoms with Gasteiger partial charge in [0.05, 0.1) is 37.1 Å². The number of nitrogens with zero attached hydrogens (tertiary/aromatic N) is 5. The molecule has 1 N–H and O–H groups in total. The number of cyclic esters (lactones) is 2. The van der Waals surface area contributed by atoms with Gasteiger partial charge in [-0.3, -0.25) is 24.5 Å². The number of halogens is 2. The minimum absolute atomic E-state index is 0.0356. The maximum atomic E-state index is 15.6. The summed E-state index contributed by atoms with van der Waals surface area (Å²) in [5.41, 5.74) is -1.39. The predicted octanol–water partition coefficient (Wildman–Crippen LogP) is 6.49. The van der Waals surface area contributed by atoms with Crippen molar-refractivity contribution >= 4 is 47.4 Å². The molecule has 2 aromatic carbocycles. The Morgan fingerprint density at radius 2 is 1.43 bits per heavy atom. The summed E-state index contributed by atoms with van der Waals surface area (Å²) < 4.78 is 63.8. The van der Waals surface area contributed by atoms with Crippen molar-refractivity contribution in [2.75, 3.05) is 46.2 Å². The molecule has 18 heteroatoms. The highest BCUT2D eigenvalue weighted by Crippen LogP contribution is 2.33. The Morgan fingerprint density at radius 1 is 0.852 bits per heavy atom. The molecule has 2 atom stereocenters. The minimum Gasteiger partial charge on any atom is -0.443 e. The van der Waals surface area contributed by atoms with Gasteiger partial charge in [0.25, 0.3) is 0 Å². The van der Waals surface area contributed by atoms with Gasteiger partial charge < -0.3 is 23.5 Å². The first-order valence-corrected chi connectivity index (χ1v) is 16.9. The fourth-order valence-corrected chi connectivity index (χ4v) is 5.65. The average Bonchev–Trinajstić information content (AvgIpc) is 3.89. The molecule has 0 bridgehead atoms. The number of aromatic nitrogens is 2. The predicted molar refractivity (Wildman–Crippen MR) is 186 cm³/mol. The van der Waals surface area contributed by atoms with Crippen LogP contribution < -0.4 is 24.8 Å². The zero-order valence-electron chi connectivity index (χ0n) is 30.3. The molecule has 2 saturated heterocycles. The van der Waals surface area contributed by atoms with Crippen molar-refractivity contribution in [1.29, 1.82) is 0 Å². The van der Waals surface area contributed by atoms with E-state index in [1.54, 1.807) is 41.5 Å². The lowest BCUT2D eigenvalue weighted by Crippen LogP contribution is -2.47. The Morgan fingerprint density at radius 3 is 1.96 bits per heavy atom. The van der Waals surface area contributed by atoms with Crippen LogP contribution in [0.3, 0.4) is 0 Å². The van der Waals surface area contributed by atoms with E-state index in [-0.39, 0.29) is 60.3 Å². The first kappa shape index (κ1) is 37.6. The number of carbonyl (C=O) groups is 4. The molecule has 0 spiro atoms. The van der Waals surface area contributed by atoms with E-state index >= 15 is 8.78 Å². The van der Waals surface area contributed by atoms with E-state index in [1.165, 1.54) is 63.6 Å². The van der Waals surface area contributed by atoms with Crippen LogP contribution in [0.2, 0.25) is 0 Å². The fourth-order valence-electron chi connectivity index (χ4n) is 5.65. The molecule has 2 aliphatic heterocycles. The maximum absolute atomic E-state index is 15.6. The molecule has 0 unspecified atom stereocenters. The van der Waals surface area contributed by atoms with E-state index < -0.39 is 59.4 Å². The van der Waals surface area contributed by atoms with Crippen molar-refractivity contribution < 1.29 is 60.7 Å². The molecular weight excluding hydrogens is 714 g/mol. The van der Waals surface area contributed by atoms with Crippen LogP contribution in [-0.4, -0.2) is 79.1 Å². The van der Waals surface area contributed by atoms with Gasteiger partial charge in [0.2, 0.25) is 0 Å². The molecule has 4 aromatic rings. The second-order valence-electron chi connectivity index (χ2n) is 14.5. The zero-order chi connectivity index (χ0) is 38.9. The molecule has 0 saturated carbocycles. The first-order chi connectivity index (χ1) is 25.5. The largest absolute Gasteiger partial charge is 0.548 e. The highest BCUT2D eigenvalue weighted by atomic mass is 19.1. The topological polar surface area (TPSA) is 170 Å². The van der Waals surface area contributed by atoms with E-state index in [0.717, 1.165) is 16.9 Å². The van der Waals surface area contributed by atoms with E-state index in [1.807, 2.05) is 0 Å². The number of hydrogen-bond donors (Lipinski definition) is 1. The molecule has 4 heterocycles. The summed E-state index contributed by atoms with van der Waals surface area (Å²) in [5.74, 6) is -1.19. The van der Waals surface area contributed by atoms with Gasteiger partial charge in [0.15, 0.2) is 18.2 Å². The van der Waals surface area contributed by atoms with Crippen LogP contribution >= 0.6 is 0 Å². The molecule has 3 amide bonds. The first-order valence-electron chi connectivity index (χ1n) is 16.9. The van der Waals surface area contributed by atoms with Crippen molar-refractivity contribution in [3.05, 3.63) is 72.7 Å². The lowest BCUT2D eigenvalue weighted by Gasteiger charge is -2.26. The zero-order valence-corrected chi connectivity index (χ0v) is 30.3. The lowest BCUT2D eigenvalue weighted by atomic mass is 10.0. The van der Waals surface area contributed by atoms with Crippen molar-refractivity contribution in [2.45, 2.75) is 65.0 Å². The maximum Gasteiger partial charge on any atom is 0.548 e. The Bertz CT molecular complexity index is 2040. The number of carbonyl (C=O) groups excluding carboxylic acids is 4. The molecular formula is C36H39F2N6O10+. The second kappa shape index (κ2) is 14.7. The average molecular weight is 754 g/mol. The van der Waals surface area contributed by atoms with E-state index in [4.69, 9.17) is 28.0 Å². The fraction of sp³-hybridized carbons (Fsp3) is 0.389. The summed E-state index contributed by atoms with van der Waals surface area (Å²) in [6, 6.07) is 10.7. The third-order valence-electron chi connectivity index (χ3n) is 7.95. The van der Waals surface area contributed by atoms with E-state index in [2.05, 4.69) is 10.5 Å². The number of benzene rings is 2. The van der Waals surface area contributed by atoms with Crippen molar-refractivity contribution in [3.8, 4) is 11.1 Å². The van der Waals surface area contributed by atoms with Gasteiger partial charge in [-0.2, -0.15) is 4.79 Å². The Hall–Kier alpha value is -6.20. The third kappa shape index (κ3) is 8.53. The summed E-state index contributed by atoms with van der Waals surface area (Å²) >= 11 is 0. The SMILES string of the molecule is CC(C)(C)OC(=O)N(C[C@H]1CN(c2ccc(-c3ccc(N4C[C@H](CNc5cco[n+]5C(=O)OC(C)(C)C)OC4=O)cc3F)c(F)c2)C(=O)O1)c1ccon1. The number of amides is 3. The second-order valence-corrected chi connectivity index (χ2v) is 14.5. The molecule has 2 aromatic heterocycles. The number of ether oxygens (including phenoxy) is 4. The molecule has 2 fully saturated rings. The van der Waals surface area contributed by atoms with E-state index in [0.29, 0.717) is 0 Å². The standard InChI is InChI=1S/C36H38F2N6O10/c1-35(2,3)53-33(47)43(30-11-13-49-40-30)20-24-19-42(32(46)52-24)22-8-10-26(28(38)16-22)25-9-7-21(15-27(25)37)41-18-23(51-31(41)45)17-39-29-12-14-50-44(29)34(48)54-36(4,5)6/h7-16,23-24H,17-20H2,1-6H3/p+1/t23-,24+/m0/s1. The van der Waals surface area contributed by atoms with Gasteiger partial charge >= 0.3 is 30.2 Å². The summed E-state index contributed by atoms with van der Waals surface area (Å²) in [6.45, 7) is 10.3. The van der Waals surface area contributed by atoms with Gasteiger partial charge in [0.1, 0.15) is 41.7 Å². The van der Waals surface area contributed by atoms with Crippen LogP contribution in [0.15, 0.2) is 70.1 Å². The molecule has 0 aliphatic carbocycles. The number of anilines is 4. The highest BCUT2D eigenvalue weighted by Gasteiger charge is 2.38. The molecule has 16 nitrogen and oxygen atoms in total. The number of nitrogens with one attached hydrogen (secondary N) is 1. The third-order valence-corrected chi connectivity index (χ3v) is 7.95. The number of hydrogen-bond acceptors (Lipinski definition) is 12.